The molecule has 1 N–H and O–H groups in total. The fourth-order valence-corrected chi connectivity index (χ4v) is 3.88. The monoisotopic (exact) mass is 355 g/mol. The van der Waals surface area contributed by atoms with Crippen LogP contribution in [0.5, 0.6) is 0 Å². The van der Waals surface area contributed by atoms with Gasteiger partial charge in [-0.15, -0.1) is 11.3 Å². The number of fused-ring (bicyclic) bond motifs is 1. The lowest BCUT2D eigenvalue weighted by atomic mass is 10.2. The fraction of sp³-hybridized carbons (Fsp3) is 0.389. The van der Waals surface area contributed by atoms with Crippen LogP contribution in [0.3, 0.4) is 0 Å². The number of pyridine rings is 1. The van der Waals surface area contributed by atoms with Gasteiger partial charge < -0.3 is 15.0 Å². The van der Waals surface area contributed by atoms with Crippen molar-refractivity contribution in [3.8, 4) is 0 Å². The van der Waals surface area contributed by atoms with Gasteiger partial charge in [-0.05, 0) is 31.5 Å². The molecule has 130 valence electrons. The standard InChI is InChI=1S/C18H21N5OS/c1-12-10-23(5-6-24-12)16-4-3-14(8-19-16)9-20-17-15-7-13(2)25-18(15)22-11-21-17/h3-4,7-8,11-12H,5-6,9-10H2,1-2H3,(H,20,21,22). The summed E-state index contributed by atoms with van der Waals surface area (Å²) in [6.07, 6.45) is 3.80. The number of thiophene rings is 1. The Balaban J connectivity index is 1.44. The molecule has 1 aliphatic heterocycles. The third kappa shape index (κ3) is 3.57. The molecular formula is C18H21N5OS. The van der Waals surface area contributed by atoms with Crippen molar-refractivity contribution in [1.29, 1.82) is 0 Å². The molecule has 1 saturated heterocycles. The highest BCUT2D eigenvalue weighted by Gasteiger charge is 2.17. The molecule has 0 saturated carbocycles. The second-order valence-corrected chi connectivity index (χ2v) is 7.54. The summed E-state index contributed by atoms with van der Waals surface area (Å²) in [4.78, 5) is 17.8. The van der Waals surface area contributed by atoms with Gasteiger partial charge in [-0.25, -0.2) is 15.0 Å². The zero-order chi connectivity index (χ0) is 17.2. The van der Waals surface area contributed by atoms with Crippen LogP contribution in [0.1, 0.15) is 17.4 Å². The first-order valence-electron chi connectivity index (χ1n) is 8.45. The summed E-state index contributed by atoms with van der Waals surface area (Å²) in [6.45, 7) is 7.42. The van der Waals surface area contributed by atoms with Crippen LogP contribution in [-0.4, -0.2) is 40.8 Å². The lowest BCUT2D eigenvalue weighted by Gasteiger charge is -2.32. The molecule has 4 rings (SSSR count). The van der Waals surface area contributed by atoms with Crippen molar-refractivity contribution in [2.45, 2.75) is 26.5 Å². The summed E-state index contributed by atoms with van der Waals surface area (Å²) in [6, 6.07) is 6.33. The van der Waals surface area contributed by atoms with Crippen molar-refractivity contribution in [2.24, 2.45) is 0 Å². The Kier molecular flexibility index (Phi) is 4.50. The molecule has 1 aliphatic rings. The number of nitrogens with one attached hydrogen (secondary N) is 1. The maximum absolute atomic E-state index is 5.59. The first kappa shape index (κ1) is 16.2. The molecule has 1 unspecified atom stereocenters. The second-order valence-electron chi connectivity index (χ2n) is 6.30. The molecule has 0 spiro atoms. The van der Waals surface area contributed by atoms with E-state index in [2.05, 4.69) is 57.2 Å². The Morgan fingerprint density at radius 1 is 1.32 bits per heavy atom. The van der Waals surface area contributed by atoms with Crippen molar-refractivity contribution in [3.05, 3.63) is 41.2 Å². The van der Waals surface area contributed by atoms with Crippen LogP contribution in [0.25, 0.3) is 10.2 Å². The van der Waals surface area contributed by atoms with Crippen LogP contribution in [0.15, 0.2) is 30.7 Å². The molecular weight excluding hydrogens is 334 g/mol. The van der Waals surface area contributed by atoms with Gasteiger partial charge in [0, 0.05) is 30.7 Å². The SMILES string of the molecule is Cc1cc2c(NCc3ccc(N4CCOC(C)C4)nc3)ncnc2s1. The van der Waals surface area contributed by atoms with Gasteiger partial charge >= 0.3 is 0 Å². The molecule has 0 radical (unpaired) electrons. The van der Waals surface area contributed by atoms with Gasteiger partial charge in [-0.2, -0.15) is 0 Å². The minimum absolute atomic E-state index is 0.256. The Bertz CT molecular complexity index is 864. The minimum atomic E-state index is 0.256. The number of hydrogen-bond acceptors (Lipinski definition) is 7. The molecule has 1 atom stereocenters. The van der Waals surface area contributed by atoms with Crippen molar-refractivity contribution >= 4 is 33.2 Å². The first-order valence-corrected chi connectivity index (χ1v) is 9.27. The normalized spacial score (nSPS) is 17.8. The summed E-state index contributed by atoms with van der Waals surface area (Å²) in [7, 11) is 0. The van der Waals surface area contributed by atoms with E-state index in [1.807, 2.05) is 6.20 Å². The van der Waals surface area contributed by atoms with Gasteiger partial charge in [0.05, 0.1) is 18.1 Å². The zero-order valence-corrected chi connectivity index (χ0v) is 15.2. The number of rotatable bonds is 4. The molecule has 0 aliphatic carbocycles. The van der Waals surface area contributed by atoms with Crippen molar-refractivity contribution in [3.63, 3.8) is 0 Å². The first-order chi connectivity index (χ1) is 12.2. The van der Waals surface area contributed by atoms with Gasteiger partial charge in [0.2, 0.25) is 0 Å². The number of aryl methyl sites for hydroxylation is 1. The number of nitrogens with zero attached hydrogens (tertiary/aromatic N) is 4. The van der Waals surface area contributed by atoms with Crippen LogP contribution < -0.4 is 10.2 Å². The van der Waals surface area contributed by atoms with Crippen molar-refractivity contribution in [2.75, 3.05) is 29.9 Å². The summed E-state index contributed by atoms with van der Waals surface area (Å²) >= 11 is 1.69. The average molecular weight is 355 g/mol. The van der Waals surface area contributed by atoms with Crippen LogP contribution >= 0.6 is 11.3 Å². The Morgan fingerprint density at radius 3 is 3.04 bits per heavy atom. The maximum atomic E-state index is 5.59. The van der Waals surface area contributed by atoms with E-state index in [0.717, 1.165) is 47.1 Å². The number of aromatic nitrogens is 3. The lowest BCUT2D eigenvalue weighted by molar-refractivity contribution is 0.0529. The highest BCUT2D eigenvalue weighted by atomic mass is 32.1. The van der Waals surface area contributed by atoms with E-state index in [4.69, 9.17) is 4.74 Å². The Morgan fingerprint density at radius 2 is 2.24 bits per heavy atom. The molecule has 3 aromatic heterocycles. The average Bonchev–Trinajstić information content (AvgIpc) is 3.01. The largest absolute Gasteiger partial charge is 0.375 e. The molecule has 0 amide bonds. The molecule has 0 aromatic carbocycles. The van der Waals surface area contributed by atoms with E-state index in [-0.39, 0.29) is 6.10 Å². The molecule has 25 heavy (non-hydrogen) atoms. The predicted octanol–water partition coefficient (Wildman–Crippen LogP) is 3.23. The van der Waals surface area contributed by atoms with E-state index in [1.54, 1.807) is 17.7 Å². The van der Waals surface area contributed by atoms with E-state index >= 15 is 0 Å². The van der Waals surface area contributed by atoms with Gasteiger partial charge in [0.1, 0.15) is 22.8 Å². The summed E-state index contributed by atoms with van der Waals surface area (Å²) < 4.78 is 5.59. The quantitative estimate of drug-likeness (QED) is 0.775. The molecule has 6 nitrogen and oxygen atoms in total. The smallest absolute Gasteiger partial charge is 0.138 e. The molecule has 7 heteroatoms. The summed E-state index contributed by atoms with van der Waals surface area (Å²) in [5.74, 6) is 1.89. The van der Waals surface area contributed by atoms with E-state index < -0.39 is 0 Å². The number of hydrogen-bond donors (Lipinski definition) is 1. The third-order valence-corrected chi connectivity index (χ3v) is 5.25. The molecule has 1 fully saturated rings. The molecule has 3 aromatic rings. The van der Waals surface area contributed by atoms with Crippen molar-refractivity contribution < 1.29 is 4.74 Å². The second kappa shape index (κ2) is 6.93. The topological polar surface area (TPSA) is 63.2 Å². The van der Waals surface area contributed by atoms with Crippen molar-refractivity contribution in [1.82, 2.24) is 15.0 Å². The Hall–Kier alpha value is -2.25. The molecule has 4 heterocycles. The van der Waals surface area contributed by atoms with Crippen LogP contribution in [0, 0.1) is 6.92 Å². The Labute approximate surface area is 150 Å². The van der Waals surface area contributed by atoms with Gasteiger partial charge in [-0.3, -0.25) is 0 Å². The summed E-state index contributed by atoms with van der Waals surface area (Å²) in [5.41, 5.74) is 1.13. The minimum Gasteiger partial charge on any atom is -0.375 e. The highest BCUT2D eigenvalue weighted by molar-refractivity contribution is 7.18. The predicted molar refractivity (Wildman–Crippen MR) is 101 cm³/mol. The van der Waals surface area contributed by atoms with Gasteiger partial charge in [-0.1, -0.05) is 6.07 Å². The number of ether oxygens (including phenoxy) is 1. The number of anilines is 2. The zero-order valence-electron chi connectivity index (χ0n) is 14.4. The highest BCUT2D eigenvalue weighted by Crippen LogP contribution is 2.27. The van der Waals surface area contributed by atoms with Crippen LogP contribution in [0.2, 0.25) is 0 Å². The third-order valence-electron chi connectivity index (χ3n) is 4.29. The van der Waals surface area contributed by atoms with Gasteiger partial charge in [0.15, 0.2) is 0 Å². The lowest BCUT2D eigenvalue weighted by Crippen LogP contribution is -2.41. The summed E-state index contributed by atoms with van der Waals surface area (Å²) in [5, 5.41) is 4.49. The van der Waals surface area contributed by atoms with E-state index in [1.165, 1.54) is 4.88 Å². The van der Waals surface area contributed by atoms with Gasteiger partial charge in [0.25, 0.3) is 0 Å². The van der Waals surface area contributed by atoms with Crippen LogP contribution in [-0.2, 0) is 11.3 Å². The fourth-order valence-electron chi connectivity index (χ4n) is 3.04. The number of morpholine rings is 1. The van der Waals surface area contributed by atoms with E-state index in [0.29, 0.717) is 6.54 Å². The molecule has 0 bridgehead atoms. The van der Waals surface area contributed by atoms with Crippen LogP contribution in [0.4, 0.5) is 11.6 Å². The maximum Gasteiger partial charge on any atom is 0.138 e. The van der Waals surface area contributed by atoms with E-state index in [9.17, 15) is 0 Å².